The number of carboxylic acid groups (broad SMARTS) is 1. The summed E-state index contributed by atoms with van der Waals surface area (Å²) in [4.78, 5) is 22.8. The summed E-state index contributed by atoms with van der Waals surface area (Å²) >= 11 is 0. The summed E-state index contributed by atoms with van der Waals surface area (Å²) in [5, 5.41) is 11.8. The number of rotatable bonds is 5. The minimum atomic E-state index is -0.993. The molecule has 104 valence electrons. The van der Waals surface area contributed by atoms with Crippen LogP contribution in [0, 0.1) is 13.8 Å². The number of nitrogens with one attached hydrogen (secondary N) is 1. The maximum absolute atomic E-state index is 11.7. The number of amides is 1. The highest BCUT2D eigenvalue weighted by atomic mass is 16.4. The van der Waals surface area contributed by atoms with Gasteiger partial charge in [-0.25, -0.2) is 4.79 Å². The summed E-state index contributed by atoms with van der Waals surface area (Å²) in [6.07, 6.45) is 0.926. The third-order valence-corrected chi connectivity index (χ3v) is 3.01. The molecule has 0 heterocycles. The summed E-state index contributed by atoms with van der Waals surface area (Å²) in [7, 11) is 0. The van der Waals surface area contributed by atoms with Crippen molar-refractivity contribution in [1.29, 1.82) is 0 Å². The Morgan fingerprint density at radius 1 is 1.37 bits per heavy atom. The van der Waals surface area contributed by atoms with Gasteiger partial charge in [-0.05, 0) is 50.5 Å². The maximum Gasteiger partial charge on any atom is 0.336 e. The summed E-state index contributed by atoms with van der Waals surface area (Å²) < 4.78 is 0. The fourth-order valence-corrected chi connectivity index (χ4v) is 1.74. The van der Waals surface area contributed by atoms with Crippen molar-refractivity contribution in [2.24, 2.45) is 5.73 Å². The van der Waals surface area contributed by atoms with Gasteiger partial charge in [0, 0.05) is 18.2 Å². The van der Waals surface area contributed by atoms with Gasteiger partial charge in [0.15, 0.2) is 0 Å². The lowest BCUT2D eigenvalue weighted by Gasteiger charge is -2.11. The molecule has 5 nitrogen and oxygen atoms in total. The zero-order valence-corrected chi connectivity index (χ0v) is 11.5. The lowest BCUT2D eigenvalue weighted by Crippen LogP contribution is -2.19. The second-order valence-electron chi connectivity index (χ2n) is 4.83. The number of carbonyl (C=O) groups excluding carboxylic acids is 1. The number of benzene rings is 1. The number of carbonyl (C=O) groups is 2. The number of aromatic carboxylic acids is 1. The van der Waals surface area contributed by atoms with E-state index in [1.54, 1.807) is 13.0 Å². The normalized spacial score (nSPS) is 12.0. The summed E-state index contributed by atoms with van der Waals surface area (Å²) in [5.74, 6) is -1.15. The van der Waals surface area contributed by atoms with E-state index >= 15 is 0 Å². The average molecular weight is 264 g/mol. The molecule has 0 spiro atoms. The molecule has 1 amide bonds. The van der Waals surface area contributed by atoms with Crippen LogP contribution in [0.15, 0.2) is 12.1 Å². The molecule has 0 radical (unpaired) electrons. The number of hydrogen-bond donors (Lipinski definition) is 3. The Hall–Kier alpha value is -1.88. The van der Waals surface area contributed by atoms with E-state index in [2.05, 4.69) is 5.32 Å². The number of hydrogen-bond acceptors (Lipinski definition) is 3. The molecule has 1 unspecified atom stereocenters. The molecule has 19 heavy (non-hydrogen) atoms. The van der Waals surface area contributed by atoms with Gasteiger partial charge in [0.2, 0.25) is 5.91 Å². The smallest absolute Gasteiger partial charge is 0.336 e. The minimum Gasteiger partial charge on any atom is -0.478 e. The molecule has 0 aliphatic carbocycles. The van der Waals surface area contributed by atoms with Gasteiger partial charge in [-0.15, -0.1) is 0 Å². The predicted octanol–water partition coefficient (Wildman–Crippen LogP) is 2.07. The van der Waals surface area contributed by atoms with Gasteiger partial charge in [-0.2, -0.15) is 0 Å². The zero-order valence-electron chi connectivity index (χ0n) is 11.5. The van der Waals surface area contributed by atoms with Crippen LogP contribution in [0.1, 0.15) is 41.3 Å². The van der Waals surface area contributed by atoms with E-state index in [0.29, 0.717) is 24.1 Å². The molecule has 4 N–H and O–H groups in total. The highest BCUT2D eigenvalue weighted by molar-refractivity contribution is 5.95. The first-order valence-corrected chi connectivity index (χ1v) is 6.21. The van der Waals surface area contributed by atoms with Crippen molar-refractivity contribution in [2.45, 2.75) is 39.7 Å². The van der Waals surface area contributed by atoms with Gasteiger partial charge < -0.3 is 16.2 Å². The Kier molecular flexibility index (Phi) is 5.06. The first kappa shape index (κ1) is 15.2. The topological polar surface area (TPSA) is 92.4 Å². The van der Waals surface area contributed by atoms with Crippen LogP contribution in [0.2, 0.25) is 0 Å². The maximum atomic E-state index is 11.7. The Morgan fingerprint density at radius 2 is 2.00 bits per heavy atom. The molecule has 0 aliphatic heterocycles. The van der Waals surface area contributed by atoms with Crippen LogP contribution in [0.5, 0.6) is 0 Å². The minimum absolute atomic E-state index is 0.0277. The molecule has 0 bridgehead atoms. The van der Waals surface area contributed by atoms with Crippen molar-refractivity contribution < 1.29 is 14.7 Å². The highest BCUT2D eigenvalue weighted by Gasteiger charge is 2.12. The number of carboxylic acids is 1. The molecule has 5 heteroatoms. The highest BCUT2D eigenvalue weighted by Crippen LogP contribution is 2.20. The number of nitrogens with two attached hydrogens (primary N) is 1. The molecule has 0 aliphatic rings. The molecule has 0 saturated carbocycles. The fourth-order valence-electron chi connectivity index (χ4n) is 1.74. The monoisotopic (exact) mass is 264 g/mol. The molecule has 1 aromatic rings. The van der Waals surface area contributed by atoms with Gasteiger partial charge in [0.25, 0.3) is 0 Å². The Labute approximate surface area is 112 Å². The van der Waals surface area contributed by atoms with E-state index in [1.807, 2.05) is 13.8 Å². The molecular weight excluding hydrogens is 244 g/mol. The van der Waals surface area contributed by atoms with E-state index in [-0.39, 0.29) is 17.5 Å². The Morgan fingerprint density at radius 3 is 2.53 bits per heavy atom. The first-order chi connectivity index (χ1) is 8.81. The molecule has 1 aromatic carbocycles. The summed E-state index contributed by atoms with van der Waals surface area (Å²) in [6, 6.07) is 3.22. The van der Waals surface area contributed by atoms with Crippen molar-refractivity contribution in [1.82, 2.24) is 0 Å². The van der Waals surface area contributed by atoms with Crippen molar-refractivity contribution >= 4 is 17.6 Å². The number of aryl methyl sites for hydroxylation is 1. The van der Waals surface area contributed by atoms with Gasteiger partial charge >= 0.3 is 5.97 Å². The van der Waals surface area contributed by atoms with Crippen LogP contribution in [-0.4, -0.2) is 23.0 Å². The van der Waals surface area contributed by atoms with Crippen molar-refractivity contribution in [2.75, 3.05) is 5.32 Å². The molecular formula is C14H20N2O3. The summed E-state index contributed by atoms with van der Waals surface area (Å²) in [6.45, 7) is 5.41. The van der Waals surface area contributed by atoms with E-state index in [4.69, 9.17) is 10.8 Å². The fraction of sp³-hybridized carbons (Fsp3) is 0.429. The van der Waals surface area contributed by atoms with Crippen LogP contribution in [0.3, 0.4) is 0 Å². The third-order valence-electron chi connectivity index (χ3n) is 3.01. The van der Waals surface area contributed by atoms with Crippen LogP contribution >= 0.6 is 0 Å². The summed E-state index contributed by atoms with van der Waals surface area (Å²) in [5.41, 5.74) is 7.85. The molecule has 0 aromatic heterocycles. The third kappa shape index (κ3) is 4.37. The van der Waals surface area contributed by atoms with E-state index in [1.165, 1.54) is 6.07 Å². The average Bonchev–Trinajstić information content (AvgIpc) is 2.30. The lowest BCUT2D eigenvalue weighted by atomic mass is 10.0. The van der Waals surface area contributed by atoms with Gasteiger partial charge in [-0.1, -0.05) is 0 Å². The Balaban J connectivity index is 2.85. The zero-order chi connectivity index (χ0) is 14.6. The largest absolute Gasteiger partial charge is 0.478 e. The Bertz CT molecular complexity index is 496. The molecule has 0 fully saturated rings. The van der Waals surface area contributed by atoms with E-state index in [0.717, 1.165) is 5.56 Å². The molecule has 0 saturated heterocycles. The quantitative estimate of drug-likeness (QED) is 0.759. The van der Waals surface area contributed by atoms with Crippen LogP contribution in [0.4, 0.5) is 5.69 Å². The van der Waals surface area contributed by atoms with Gasteiger partial charge in [-0.3, -0.25) is 4.79 Å². The van der Waals surface area contributed by atoms with Gasteiger partial charge in [0.05, 0.1) is 5.56 Å². The molecule has 1 rings (SSSR count). The van der Waals surface area contributed by atoms with Crippen molar-refractivity contribution in [3.05, 3.63) is 28.8 Å². The van der Waals surface area contributed by atoms with Crippen LogP contribution < -0.4 is 11.1 Å². The lowest BCUT2D eigenvalue weighted by molar-refractivity contribution is -0.116. The van der Waals surface area contributed by atoms with E-state index in [9.17, 15) is 9.59 Å². The molecule has 1 atom stereocenters. The SMILES string of the molecule is Cc1cc(NC(=O)CCC(C)N)cc(C(=O)O)c1C. The van der Waals surface area contributed by atoms with Crippen molar-refractivity contribution in [3.8, 4) is 0 Å². The van der Waals surface area contributed by atoms with Crippen molar-refractivity contribution in [3.63, 3.8) is 0 Å². The van der Waals surface area contributed by atoms with E-state index < -0.39 is 5.97 Å². The van der Waals surface area contributed by atoms with Crippen LogP contribution in [-0.2, 0) is 4.79 Å². The first-order valence-electron chi connectivity index (χ1n) is 6.21. The van der Waals surface area contributed by atoms with Gasteiger partial charge in [0.1, 0.15) is 0 Å². The van der Waals surface area contributed by atoms with Crippen LogP contribution in [0.25, 0.3) is 0 Å². The second kappa shape index (κ2) is 6.33. The number of anilines is 1. The standard InChI is InChI=1S/C14H20N2O3/c1-8-6-11(7-12(10(8)3)14(18)19)16-13(17)5-4-9(2)15/h6-7,9H,4-5,15H2,1-3H3,(H,16,17)(H,18,19). The second-order valence-corrected chi connectivity index (χ2v) is 4.83. The predicted molar refractivity (Wildman–Crippen MR) is 74.4 cm³/mol.